The summed E-state index contributed by atoms with van der Waals surface area (Å²) in [6.45, 7) is 5.82. The zero-order chi connectivity index (χ0) is 23.6. The number of sulfonamides is 1. The highest BCUT2D eigenvalue weighted by Gasteiger charge is 2.19. The molecule has 5 nitrogen and oxygen atoms in total. The van der Waals surface area contributed by atoms with Crippen molar-refractivity contribution in [3.05, 3.63) is 76.2 Å². The molecule has 2 N–H and O–H groups in total. The van der Waals surface area contributed by atoms with Crippen molar-refractivity contribution in [2.24, 2.45) is 0 Å². The summed E-state index contributed by atoms with van der Waals surface area (Å²) in [4.78, 5) is 14.1. The molecule has 3 aromatic rings. The predicted octanol–water partition coefficient (Wildman–Crippen LogP) is 5.68. The second-order valence-corrected chi connectivity index (χ2v) is 10.7. The van der Waals surface area contributed by atoms with Gasteiger partial charge in [-0.3, -0.25) is 9.52 Å². The monoisotopic (exact) mass is 478 g/mol. The molecule has 0 bridgehead atoms. The topological polar surface area (TPSA) is 75.3 Å². The molecule has 9 heteroatoms. The highest BCUT2D eigenvalue weighted by molar-refractivity contribution is 7.92. The van der Waals surface area contributed by atoms with Crippen molar-refractivity contribution in [1.29, 1.82) is 0 Å². The predicted molar refractivity (Wildman–Crippen MR) is 125 cm³/mol. The van der Waals surface area contributed by atoms with Gasteiger partial charge in [-0.2, -0.15) is 0 Å². The van der Waals surface area contributed by atoms with Crippen LogP contribution in [0, 0.1) is 11.6 Å². The molecule has 0 saturated carbocycles. The van der Waals surface area contributed by atoms with Crippen LogP contribution in [-0.2, 0) is 10.0 Å². The van der Waals surface area contributed by atoms with Crippen molar-refractivity contribution >= 4 is 33.0 Å². The van der Waals surface area contributed by atoms with E-state index in [1.165, 1.54) is 16.9 Å². The Balaban J connectivity index is 1.76. The lowest BCUT2D eigenvalue weighted by atomic mass is 10.0. The average molecular weight is 479 g/mol. The molecule has 0 radical (unpaired) electrons. The fraction of sp³-hybridized carbons (Fsp3) is 0.261. The molecule has 0 spiro atoms. The SMILES string of the molecule is CC(C)c1cccc(-c2ccc(C(=O)N[C@H](C)c3cc(F)c(NS(C)(=O)=O)c(F)c3)s2)c1. The van der Waals surface area contributed by atoms with Crippen molar-refractivity contribution in [1.82, 2.24) is 5.32 Å². The van der Waals surface area contributed by atoms with E-state index in [-0.39, 0.29) is 11.5 Å². The van der Waals surface area contributed by atoms with E-state index in [0.29, 0.717) is 10.8 Å². The maximum absolute atomic E-state index is 14.3. The van der Waals surface area contributed by atoms with Crippen LogP contribution < -0.4 is 10.0 Å². The standard InChI is InChI=1S/C23H24F2N2O3S2/c1-13(2)15-6-5-7-16(10-15)20-8-9-21(31-20)23(28)26-14(3)17-11-18(24)22(19(25)12-17)27-32(4,29)30/h5-14,27H,1-4H3,(H,26,28)/t14-/m1/s1. The summed E-state index contributed by atoms with van der Waals surface area (Å²) in [6, 6.07) is 13.0. The fourth-order valence-electron chi connectivity index (χ4n) is 3.14. The van der Waals surface area contributed by atoms with E-state index in [2.05, 4.69) is 31.3 Å². The second kappa shape index (κ2) is 9.38. The number of benzene rings is 2. The number of nitrogens with one attached hydrogen (secondary N) is 2. The molecule has 1 aromatic heterocycles. The van der Waals surface area contributed by atoms with E-state index >= 15 is 0 Å². The van der Waals surface area contributed by atoms with Crippen LogP contribution in [0.1, 0.15) is 53.5 Å². The lowest BCUT2D eigenvalue weighted by molar-refractivity contribution is 0.0944. The van der Waals surface area contributed by atoms with Crippen LogP contribution in [0.25, 0.3) is 10.4 Å². The number of anilines is 1. The zero-order valence-corrected chi connectivity index (χ0v) is 19.7. The maximum atomic E-state index is 14.3. The van der Waals surface area contributed by atoms with Crippen LogP contribution >= 0.6 is 11.3 Å². The molecule has 0 saturated heterocycles. The normalized spacial score (nSPS) is 12.6. The third-order valence-electron chi connectivity index (χ3n) is 4.87. The number of thiophene rings is 1. The van der Waals surface area contributed by atoms with E-state index in [1.807, 2.05) is 22.9 Å². The van der Waals surface area contributed by atoms with Gasteiger partial charge in [0.1, 0.15) is 5.69 Å². The number of carbonyl (C=O) groups is 1. The average Bonchev–Trinajstić information content (AvgIpc) is 3.20. The van der Waals surface area contributed by atoms with Gasteiger partial charge < -0.3 is 5.32 Å². The van der Waals surface area contributed by atoms with E-state index < -0.39 is 33.4 Å². The summed E-state index contributed by atoms with van der Waals surface area (Å²) in [5.41, 5.74) is 1.65. The Morgan fingerprint density at radius 2 is 1.62 bits per heavy atom. The van der Waals surface area contributed by atoms with Gasteiger partial charge in [-0.15, -0.1) is 11.3 Å². The quantitative estimate of drug-likeness (QED) is 0.459. The van der Waals surface area contributed by atoms with Crippen LogP contribution in [0.4, 0.5) is 14.5 Å². The van der Waals surface area contributed by atoms with E-state index in [0.717, 1.165) is 28.8 Å². The Bertz CT molecular complexity index is 1230. The van der Waals surface area contributed by atoms with Gasteiger partial charge in [0.05, 0.1) is 17.2 Å². The molecular weight excluding hydrogens is 454 g/mol. The van der Waals surface area contributed by atoms with Gasteiger partial charge in [-0.1, -0.05) is 38.1 Å². The number of carbonyl (C=O) groups excluding carboxylic acids is 1. The number of hydrogen-bond donors (Lipinski definition) is 2. The van der Waals surface area contributed by atoms with Crippen molar-refractivity contribution in [3.63, 3.8) is 0 Å². The van der Waals surface area contributed by atoms with E-state index in [9.17, 15) is 22.0 Å². The lowest BCUT2D eigenvalue weighted by Gasteiger charge is -2.16. The first-order chi connectivity index (χ1) is 14.9. The summed E-state index contributed by atoms with van der Waals surface area (Å²) in [5.74, 6) is -2.10. The van der Waals surface area contributed by atoms with Crippen LogP contribution in [0.2, 0.25) is 0 Å². The maximum Gasteiger partial charge on any atom is 0.261 e. The molecule has 1 heterocycles. The van der Waals surface area contributed by atoms with Crippen LogP contribution in [-0.4, -0.2) is 20.6 Å². The summed E-state index contributed by atoms with van der Waals surface area (Å²) in [7, 11) is -3.84. The number of halogens is 2. The van der Waals surface area contributed by atoms with E-state index in [1.54, 1.807) is 13.0 Å². The molecule has 170 valence electrons. The molecular formula is C23H24F2N2O3S2. The summed E-state index contributed by atoms with van der Waals surface area (Å²) in [6.07, 6.45) is 0.803. The number of amides is 1. The van der Waals surface area contributed by atoms with Gasteiger partial charge in [0, 0.05) is 4.88 Å². The molecule has 0 aliphatic heterocycles. The van der Waals surface area contributed by atoms with Crippen LogP contribution in [0.15, 0.2) is 48.5 Å². The molecule has 0 unspecified atom stereocenters. The van der Waals surface area contributed by atoms with Gasteiger partial charge in [0.2, 0.25) is 10.0 Å². The minimum absolute atomic E-state index is 0.175. The first kappa shape index (κ1) is 23.9. The molecule has 32 heavy (non-hydrogen) atoms. The first-order valence-electron chi connectivity index (χ1n) is 9.92. The molecule has 3 rings (SSSR count). The summed E-state index contributed by atoms with van der Waals surface area (Å²) >= 11 is 1.33. The Hall–Kier alpha value is -2.78. The van der Waals surface area contributed by atoms with Crippen molar-refractivity contribution in [2.45, 2.75) is 32.7 Å². The van der Waals surface area contributed by atoms with Gasteiger partial charge in [0.25, 0.3) is 5.91 Å². The molecule has 1 amide bonds. The third-order valence-corrected chi connectivity index (χ3v) is 6.58. The molecule has 0 fully saturated rings. The fourth-order valence-corrected chi connectivity index (χ4v) is 4.61. The number of rotatable bonds is 7. The van der Waals surface area contributed by atoms with Gasteiger partial charge in [-0.25, -0.2) is 17.2 Å². The highest BCUT2D eigenvalue weighted by atomic mass is 32.2. The molecule has 2 aromatic carbocycles. The van der Waals surface area contributed by atoms with E-state index in [4.69, 9.17) is 0 Å². The van der Waals surface area contributed by atoms with Gasteiger partial charge in [0.15, 0.2) is 11.6 Å². The third kappa shape index (κ3) is 5.72. The van der Waals surface area contributed by atoms with Crippen LogP contribution in [0.3, 0.4) is 0 Å². The Morgan fingerprint density at radius 3 is 2.22 bits per heavy atom. The smallest absolute Gasteiger partial charge is 0.261 e. The molecule has 0 aliphatic rings. The van der Waals surface area contributed by atoms with Crippen molar-refractivity contribution < 1.29 is 22.0 Å². The first-order valence-corrected chi connectivity index (χ1v) is 12.6. The second-order valence-electron chi connectivity index (χ2n) is 7.87. The minimum atomic E-state index is -3.84. The highest BCUT2D eigenvalue weighted by Crippen LogP contribution is 2.31. The Kier molecular flexibility index (Phi) is 7.00. The molecule has 0 aliphatic carbocycles. The largest absolute Gasteiger partial charge is 0.345 e. The Labute approximate surface area is 190 Å². The Morgan fingerprint density at radius 1 is 0.969 bits per heavy atom. The zero-order valence-electron chi connectivity index (χ0n) is 18.1. The molecule has 1 atom stereocenters. The van der Waals surface area contributed by atoms with Crippen LogP contribution in [0.5, 0.6) is 0 Å². The summed E-state index contributed by atoms with van der Waals surface area (Å²) < 4.78 is 52.9. The lowest BCUT2D eigenvalue weighted by Crippen LogP contribution is -2.26. The summed E-state index contributed by atoms with van der Waals surface area (Å²) in [5, 5.41) is 2.73. The van der Waals surface area contributed by atoms with Gasteiger partial charge in [-0.05, 0) is 53.8 Å². The minimum Gasteiger partial charge on any atom is -0.345 e. The number of hydrogen-bond acceptors (Lipinski definition) is 4. The van der Waals surface area contributed by atoms with Gasteiger partial charge >= 0.3 is 0 Å². The van der Waals surface area contributed by atoms with Crippen molar-refractivity contribution in [3.8, 4) is 10.4 Å². The van der Waals surface area contributed by atoms with Crippen molar-refractivity contribution in [2.75, 3.05) is 11.0 Å².